The Balaban J connectivity index is 1.49. The Morgan fingerprint density at radius 1 is 1.30 bits per heavy atom. The molecule has 0 aliphatic carbocycles. The van der Waals surface area contributed by atoms with Gasteiger partial charge in [-0.15, -0.1) is 0 Å². The van der Waals surface area contributed by atoms with E-state index in [4.69, 9.17) is 4.74 Å². The van der Waals surface area contributed by atoms with E-state index in [-0.39, 0.29) is 11.7 Å². The minimum Gasteiger partial charge on any atom is -0.439 e. The normalized spacial score (nSPS) is 32.9. The first-order valence-electron chi connectivity index (χ1n) is 8.24. The van der Waals surface area contributed by atoms with E-state index >= 15 is 0 Å². The monoisotopic (exact) mass is 329 g/mol. The number of amides is 1. The van der Waals surface area contributed by atoms with E-state index in [0.29, 0.717) is 12.5 Å². The number of carbonyl (C=O) groups excluding carboxylic acids is 1. The second-order valence-electron chi connectivity index (χ2n) is 7.02. The van der Waals surface area contributed by atoms with Crippen molar-refractivity contribution in [1.82, 2.24) is 9.27 Å². The van der Waals surface area contributed by atoms with Crippen LogP contribution in [0, 0.1) is 12.8 Å². The molecule has 6 rings (SSSR count). The van der Waals surface area contributed by atoms with Gasteiger partial charge in [0.15, 0.2) is 0 Å². The van der Waals surface area contributed by atoms with E-state index in [1.54, 1.807) is 0 Å². The third-order valence-electron chi connectivity index (χ3n) is 5.71. The van der Waals surface area contributed by atoms with E-state index in [9.17, 15) is 4.79 Å². The van der Waals surface area contributed by atoms with Gasteiger partial charge in [0, 0.05) is 23.5 Å². The molecule has 4 aliphatic heterocycles. The standard InChI is InChI=1S/C17H19N3O2S/c1-11-14-3-2-13(8-15(14)23-18-11)20-10-17(22-16(20)21)9-19-6-4-12(17)5-7-19/h2-3,8,12H,4-7,9-10H2,1H3/t17-/m1/s1. The minimum absolute atomic E-state index is 0.195. The van der Waals surface area contributed by atoms with Crippen LogP contribution in [0.5, 0.6) is 0 Å². The van der Waals surface area contributed by atoms with Gasteiger partial charge in [-0.2, -0.15) is 4.37 Å². The smallest absolute Gasteiger partial charge is 0.415 e. The summed E-state index contributed by atoms with van der Waals surface area (Å²) in [6.07, 6.45) is 2.10. The minimum atomic E-state index is -0.299. The summed E-state index contributed by atoms with van der Waals surface area (Å²) in [6.45, 7) is 5.88. The van der Waals surface area contributed by atoms with Crippen LogP contribution in [0.15, 0.2) is 18.2 Å². The van der Waals surface area contributed by atoms with Crippen molar-refractivity contribution in [3.8, 4) is 0 Å². The second-order valence-corrected chi connectivity index (χ2v) is 7.82. The van der Waals surface area contributed by atoms with Crippen molar-refractivity contribution >= 4 is 33.4 Å². The first-order chi connectivity index (χ1) is 11.1. The molecule has 0 N–H and O–H groups in total. The fourth-order valence-electron chi connectivity index (χ4n) is 4.43. The van der Waals surface area contributed by atoms with Gasteiger partial charge in [-0.1, -0.05) is 0 Å². The maximum absolute atomic E-state index is 12.5. The van der Waals surface area contributed by atoms with Gasteiger partial charge in [0.1, 0.15) is 5.60 Å². The first-order valence-corrected chi connectivity index (χ1v) is 9.01. The van der Waals surface area contributed by atoms with Gasteiger partial charge in [-0.25, -0.2) is 4.79 Å². The molecule has 2 bridgehead atoms. The molecule has 1 spiro atoms. The Labute approximate surface area is 139 Å². The van der Waals surface area contributed by atoms with Crippen LogP contribution in [0.3, 0.4) is 0 Å². The zero-order chi connectivity index (χ0) is 15.6. The number of carbonyl (C=O) groups is 1. The van der Waals surface area contributed by atoms with Gasteiger partial charge < -0.3 is 4.74 Å². The maximum atomic E-state index is 12.5. The summed E-state index contributed by atoms with van der Waals surface area (Å²) >= 11 is 1.49. The summed E-state index contributed by atoms with van der Waals surface area (Å²) in [6, 6.07) is 6.16. The van der Waals surface area contributed by atoms with Crippen LogP contribution < -0.4 is 4.90 Å². The van der Waals surface area contributed by atoms with Crippen LogP contribution in [0.2, 0.25) is 0 Å². The predicted molar refractivity (Wildman–Crippen MR) is 90.1 cm³/mol. The predicted octanol–water partition coefficient (Wildman–Crippen LogP) is 3.03. The highest BCUT2D eigenvalue weighted by Crippen LogP contribution is 2.43. The number of hydrogen-bond acceptors (Lipinski definition) is 5. The number of fused-ring (bicyclic) bond motifs is 3. The molecule has 1 amide bonds. The molecule has 4 fully saturated rings. The highest BCUT2D eigenvalue weighted by atomic mass is 32.1. The summed E-state index contributed by atoms with van der Waals surface area (Å²) in [7, 11) is 0. The van der Waals surface area contributed by atoms with E-state index in [1.165, 1.54) is 16.9 Å². The number of aryl methyl sites for hydroxylation is 1. The summed E-state index contributed by atoms with van der Waals surface area (Å²) in [5.74, 6) is 0.510. The number of anilines is 1. The maximum Gasteiger partial charge on any atom is 0.415 e. The lowest BCUT2D eigenvalue weighted by Crippen LogP contribution is -2.61. The van der Waals surface area contributed by atoms with Gasteiger partial charge in [-0.05, 0) is 62.6 Å². The van der Waals surface area contributed by atoms with Crippen molar-refractivity contribution in [3.05, 3.63) is 23.9 Å². The Hall–Kier alpha value is -1.66. The van der Waals surface area contributed by atoms with Crippen LogP contribution in [0.25, 0.3) is 10.1 Å². The molecule has 23 heavy (non-hydrogen) atoms. The molecule has 4 aliphatic rings. The van der Waals surface area contributed by atoms with Crippen molar-refractivity contribution in [2.24, 2.45) is 5.92 Å². The van der Waals surface area contributed by atoms with Crippen LogP contribution in [-0.2, 0) is 4.74 Å². The fourth-order valence-corrected chi connectivity index (χ4v) is 5.25. The van der Waals surface area contributed by atoms with Gasteiger partial charge in [0.05, 0.1) is 16.9 Å². The average Bonchev–Trinajstić information content (AvgIpc) is 3.09. The number of nitrogens with zero attached hydrogens (tertiary/aromatic N) is 3. The molecule has 5 nitrogen and oxygen atoms in total. The van der Waals surface area contributed by atoms with Crippen LogP contribution >= 0.6 is 11.5 Å². The van der Waals surface area contributed by atoms with Crippen molar-refractivity contribution in [2.75, 3.05) is 31.1 Å². The molecule has 1 aromatic heterocycles. The number of ether oxygens (including phenoxy) is 1. The lowest BCUT2D eigenvalue weighted by molar-refractivity contribution is -0.0881. The quantitative estimate of drug-likeness (QED) is 0.807. The summed E-state index contributed by atoms with van der Waals surface area (Å²) < 4.78 is 11.5. The third kappa shape index (κ3) is 1.94. The summed E-state index contributed by atoms with van der Waals surface area (Å²) in [5, 5.41) is 1.17. The van der Waals surface area contributed by atoms with Gasteiger partial charge in [0.2, 0.25) is 0 Å². The lowest BCUT2D eigenvalue weighted by atomic mass is 9.75. The largest absolute Gasteiger partial charge is 0.439 e. The number of hydrogen-bond donors (Lipinski definition) is 0. The van der Waals surface area contributed by atoms with Crippen LogP contribution in [-0.4, -0.2) is 47.1 Å². The first kappa shape index (κ1) is 13.7. The molecule has 5 heterocycles. The molecule has 0 unspecified atom stereocenters. The van der Waals surface area contributed by atoms with E-state index in [2.05, 4.69) is 21.4 Å². The van der Waals surface area contributed by atoms with Crippen molar-refractivity contribution in [1.29, 1.82) is 0 Å². The molecular weight excluding hydrogens is 310 g/mol. The van der Waals surface area contributed by atoms with E-state index in [1.807, 2.05) is 17.9 Å². The molecule has 6 heteroatoms. The molecule has 0 radical (unpaired) electrons. The number of benzene rings is 1. The zero-order valence-corrected chi connectivity index (χ0v) is 13.9. The van der Waals surface area contributed by atoms with E-state index < -0.39 is 0 Å². The Morgan fingerprint density at radius 3 is 2.87 bits per heavy atom. The molecular formula is C17H19N3O2S. The number of piperidine rings is 3. The zero-order valence-electron chi connectivity index (χ0n) is 13.1. The topological polar surface area (TPSA) is 45.7 Å². The van der Waals surface area contributed by atoms with Gasteiger partial charge in [0.25, 0.3) is 0 Å². The Morgan fingerprint density at radius 2 is 2.13 bits per heavy atom. The fraction of sp³-hybridized carbons (Fsp3) is 0.529. The Bertz CT molecular complexity index is 796. The molecule has 120 valence electrons. The van der Waals surface area contributed by atoms with Crippen LogP contribution in [0.4, 0.5) is 10.5 Å². The van der Waals surface area contributed by atoms with Crippen molar-refractivity contribution in [2.45, 2.75) is 25.4 Å². The lowest BCUT2D eigenvalue weighted by Gasteiger charge is -2.49. The van der Waals surface area contributed by atoms with Gasteiger partial charge in [-0.3, -0.25) is 9.80 Å². The van der Waals surface area contributed by atoms with Crippen molar-refractivity contribution in [3.63, 3.8) is 0 Å². The highest BCUT2D eigenvalue weighted by Gasteiger charge is 2.55. The number of rotatable bonds is 1. The molecule has 4 saturated heterocycles. The molecule has 0 saturated carbocycles. The summed E-state index contributed by atoms with van der Waals surface area (Å²) in [5.41, 5.74) is 1.68. The highest BCUT2D eigenvalue weighted by molar-refractivity contribution is 7.13. The van der Waals surface area contributed by atoms with E-state index in [0.717, 1.165) is 48.6 Å². The molecule has 2 aromatic rings. The SMILES string of the molecule is Cc1nsc2cc(N3C[C@@]4(CN5CCC4CC5)OC3=O)ccc12. The Kier molecular flexibility index (Phi) is 2.79. The van der Waals surface area contributed by atoms with Crippen LogP contribution in [0.1, 0.15) is 18.5 Å². The average molecular weight is 329 g/mol. The third-order valence-corrected chi connectivity index (χ3v) is 6.61. The summed E-state index contributed by atoms with van der Waals surface area (Å²) in [4.78, 5) is 16.8. The number of aromatic nitrogens is 1. The molecule has 1 aromatic carbocycles. The second kappa shape index (κ2) is 4.68. The van der Waals surface area contributed by atoms with Crippen molar-refractivity contribution < 1.29 is 9.53 Å². The molecule has 1 atom stereocenters. The van der Waals surface area contributed by atoms with Gasteiger partial charge >= 0.3 is 6.09 Å².